The molecule has 1 saturated heterocycles. The van der Waals surface area contributed by atoms with Gasteiger partial charge in [-0.3, -0.25) is 4.68 Å². The molecule has 8 nitrogen and oxygen atoms in total. The minimum atomic E-state index is 0.131. The molecule has 0 aliphatic carbocycles. The van der Waals surface area contributed by atoms with E-state index < -0.39 is 0 Å². The molecule has 2 aliphatic rings. The van der Waals surface area contributed by atoms with Gasteiger partial charge in [-0.2, -0.15) is 10.1 Å². The Morgan fingerprint density at radius 1 is 1.23 bits per heavy atom. The highest BCUT2D eigenvalue weighted by Crippen LogP contribution is 2.28. The Morgan fingerprint density at radius 2 is 2.12 bits per heavy atom. The summed E-state index contributed by atoms with van der Waals surface area (Å²) < 4.78 is 7.90. The number of hydrogen-bond donors (Lipinski definition) is 1. The van der Waals surface area contributed by atoms with E-state index in [0.717, 1.165) is 44.2 Å². The molecule has 0 radical (unpaired) electrons. The van der Waals surface area contributed by atoms with Crippen molar-refractivity contribution in [2.45, 2.75) is 37.6 Å². The Labute approximate surface area is 154 Å². The third kappa shape index (κ3) is 3.26. The SMILES string of the molecule is CO[C@@H]1CN(c2ccnc(N(C)C)n2)C[C@@H]1NC1CCCn2nccc21. The predicted molar refractivity (Wildman–Crippen MR) is 100 cm³/mol. The van der Waals surface area contributed by atoms with Crippen LogP contribution < -0.4 is 15.1 Å². The summed E-state index contributed by atoms with van der Waals surface area (Å²) in [5.41, 5.74) is 1.28. The molecule has 4 heterocycles. The second-order valence-electron chi connectivity index (χ2n) is 7.24. The van der Waals surface area contributed by atoms with Crippen LogP contribution in [0.4, 0.5) is 11.8 Å². The van der Waals surface area contributed by atoms with Gasteiger partial charge in [0.1, 0.15) is 5.82 Å². The maximum Gasteiger partial charge on any atom is 0.226 e. The van der Waals surface area contributed by atoms with Crippen LogP contribution in [0.2, 0.25) is 0 Å². The zero-order valence-electron chi connectivity index (χ0n) is 15.7. The molecule has 2 aromatic heterocycles. The number of nitrogens with one attached hydrogen (secondary N) is 1. The molecule has 2 aromatic rings. The maximum absolute atomic E-state index is 5.78. The molecule has 1 N–H and O–H groups in total. The average Bonchev–Trinajstić information content (AvgIpc) is 3.29. The van der Waals surface area contributed by atoms with Crippen molar-refractivity contribution in [3.8, 4) is 0 Å². The third-order valence-corrected chi connectivity index (χ3v) is 5.31. The van der Waals surface area contributed by atoms with Crippen molar-refractivity contribution >= 4 is 11.8 Å². The van der Waals surface area contributed by atoms with Crippen LogP contribution in [-0.4, -0.2) is 66.2 Å². The van der Waals surface area contributed by atoms with Crippen LogP contribution in [0.3, 0.4) is 0 Å². The van der Waals surface area contributed by atoms with Gasteiger partial charge in [-0.1, -0.05) is 0 Å². The number of aryl methyl sites for hydroxylation is 1. The van der Waals surface area contributed by atoms with E-state index in [9.17, 15) is 0 Å². The highest BCUT2D eigenvalue weighted by Gasteiger charge is 2.36. The van der Waals surface area contributed by atoms with Gasteiger partial charge in [-0.05, 0) is 25.0 Å². The molecule has 1 fully saturated rings. The molecule has 0 spiro atoms. The number of nitrogens with zero attached hydrogens (tertiary/aromatic N) is 6. The van der Waals surface area contributed by atoms with Gasteiger partial charge in [0.15, 0.2) is 0 Å². The Morgan fingerprint density at radius 3 is 2.92 bits per heavy atom. The first-order chi connectivity index (χ1) is 12.7. The summed E-state index contributed by atoms with van der Waals surface area (Å²) in [6, 6.07) is 4.68. The highest BCUT2D eigenvalue weighted by atomic mass is 16.5. The molecule has 4 rings (SSSR count). The molecular formula is C18H27N7O. The summed E-state index contributed by atoms with van der Waals surface area (Å²) in [5.74, 6) is 1.67. The smallest absolute Gasteiger partial charge is 0.226 e. The molecule has 0 saturated carbocycles. The average molecular weight is 357 g/mol. The van der Waals surface area contributed by atoms with Gasteiger partial charge in [-0.15, -0.1) is 0 Å². The van der Waals surface area contributed by atoms with E-state index in [0.29, 0.717) is 6.04 Å². The second kappa shape index (κ2) is 7.20. The Balaban J connectivity index is 1.49. The highest BCUT2D eigenvalue weighted by molar-refractivity contribution is 5.45. The van der Waals surface area contributed by atoms with Gasteiger partial charge in [0.25, 0.3) is 0 Å². The lowest BCUT2D eigenvalue weighted by atomic mass is 10.0. The van der Waals surface area contributed by atoms with Crippen LogP contribution in [-0.2, 0) is 11.3 Å². The van der Waals surface area contributed by atoms with Crippen LogP contribution >= 0.6 is 0 Å². The molecule has 26 heavy (non-hydrogen) atoms. The van der Waals surface area contributed by atoms with Crippen molar-refractivity contribution in [3.05, 3.63) is 30.2 Å². The zero-order chi connectivity index (χ0) is 18.1. The lowest BCUT2D eigenvalue weighted by Gasteiger charge is -2.29. The summed E-state index contributed by atoms with van der Waals surface area (Å²) in [6.07, 6.45) is 6.13. The monoisotopic (exact) mass is 357 g/mol. The second-order valence-corrected chi connectivity index (χ2v) is 7.24. The van der Waals surface area contributed by atoms with Crippen molar-refractivity contribution in [1.29, 1.82) is 0 Å². The van der Waals surface area contributed by atoms with Crippen LogP contribution in [0, 0.1) is 0 Å². The molecule has 3 atom stereocenters. The minimum absolute atomic E-state index is 0.131. The Bertz CT molecular complexity index is 747. The number of rotatable bonds is 5. The Hall–Kier alpha value is -2.19. The van der Waals surface area contributed by atoms with Crippen molar-refractivity contribution in [2.24, 2.45) is 0 Å². The first kappa shape index (κ1) is 17.2. The first-order valence-corrected chi connectivity index (χ1v) is 9.21. The van der Waals surface area contributed by atoms with Gasteiger partial charge >= 0.3 is 0 Å². The van der Waals surface area contributed by atoms with Gasteiger partial charge in [0, 0.05) is 59.3 Å². The minimum Gasteiger partial charge on any atom is -0.378 e. The van der Waals surface area contributed by atoms with Gasteiger partial charge in [0.2, 0.25) is 5.95 Å². The number of anilines is 2. The van der Waals surface area contributed by atoms with Crippen molar-refractivity contribution in [1.82, 2.24) is 25.1 Å². The largest absolute Gasteiger partial charge is 0.378 e. The zero-order valence-corrected chi connectivity index (χ0v) is 15.7. The molecule has 0 aromatic carbocycles. The van der Waals surface area contributed by atoms with E-state index in [4.69, 9.17) is 4.74 Å². The van der Waals surface area contributed by atoms with E-state index in [2.05, 4.69) is 36.0 Å². The predicted octanol–water partition coefficient (Wildman–Crippen LogP) is 1.07. The van der Waals surface area contributed by atoms with Crippen LogP contribution in [0.25, 0.3) is 0 Å². The first-order valence-electron chi connectivity index (χ1n) is 9.21. The molecule has 2 aliphatic heterocycles. The van der Waals surface area contributed by atoms with E-state index >= 15 is 0 Å². The number of fused-ring (bicyclic) bond motifs is 1. The van der Waals surface area contributed by atoms with Gasteiger partial charge < -0.3 is 19.9 Å². The topological polar surface area (TPSA) is 71.3 Å². The molecule has 1 unspecified atom stereocenters. The van der Waals surface area contributed by atoms with Crippen molar-refractivity contribution in [3.63, 3.8) is 0 Å². The van der Waals surface area contributed by atoms with Gasteiger partial charge in [0.05, 0.1) is 17.8 Å². The van der Waals surface area contributed by atoms with Gasteiger partial charge in [-0.25, -0.2) is 4.98 Å². The lowest BCUT2D eigenvalue weighted by molar-refractivity contribution is 0.0911. The summed E-state index contributed by atoms with van der Waals surface area (Å²) in [6.45, 7) is 2.70. The van der Waals surface area contributed by atoms with Crippen LogP contribution in [0.5, 0.6) is 0 Å². The molecule has 8 heteroatoms. The molecule has 0 amide bonds. The summed E-state index contributed by atoms with van der Waals surface area (Å²) in [7, 11) is 5.70. The van der Waals surface area contributed by atoms with E-state index in [1.54, 1.807) is 7.11 Å². The summed E-state index contributed by atoms with van der Waals surface area (Å²) in [5, 5.41) is 8.24. The lowest BCUT2D eigenvalue weighted by Crippen LogP contribution is -2.43. The van der Waals surface area contributed by atoms with E-state index in [1.165, 1.54) is 5.69 Å². The maximum atomic E-state index is 5.78. The van der Waals surface area contributed by atoms with E-state index in [1.807, 2.05) is 37.5 Å². The van der Waals surface area contributed by atoms with Crippen LogP contribution in [0.15, 0.2) is 24.5 Å². The number of hydrogen-bond acceptors (Lipinski definition) is 7. The number of aromatic nitrogens is 4. The molecule has 140 valence electrons. The standard InChI is InChI=1S/C18H27N7O/c1-23(2)18-19-8-7-17(22-18)24-11-14(16(12-24)26-3)21-13-5-4-10-25-15(13)6-9-20-25/h6-9,13-14,16,21H,4-5,10-12H2,1-3H3/t13?,14-,16+/m0/s1. The summed E-state index contributed by atoms with van der Waals surface area (Å²) in [4.78, 5) is 13.2. The fraction of sp³-hybridized carbons (Fsp3) is 0.611. The van der Waals surface area contributed by atoms with E-state index in [-0.39, 0.29) is 12.1 Å². The molecule has 0 bridgehead atoms. The number of ether oxygens (including phenoxy) is 1. The summed E-state index contributed by atoms with van der Waals surface area (Å²) >= 11 is 0. The van der Waals surface area contributed by atoms with Crippen LogP contribution in [0.1, 0.15) is 24.6 Å². The number of methoxy groups -OCH3 is 1. The third-order valence-electron chi connectivity index (χ3n) is 5.31. The van der Waals surface area contributed by atoms with Crippen molar-refractivity contribution < 1.29 is 4.74 Å². The van der Waals surface area contributed by atoms with Crippen molar-refractivity contribution in [2.75, 3.05) is 44.1 Å². The Kier molecular flexibility index (Phi) is 4.78. The normalized spacial score (nSPS) is 25.3. The quantitative estimate of drug-likeness (QED) is 0.858. The fourth-order valence-electron chi connectivity index (χ4n) is 3.94. The fourth-order valence-corrected chi connectivity index (χ4v) is 3.94. The molecular weight excluding hydrogens is 330 g/mol.